The molecule has 0 atom stereocenters. The van der Waals surface area contributed by atoms with Crippen molar-refractivity contribution < 1.29 is 4.74 Å². The van der Waals surface area contributed by atoms with E-state index in [9.17, 15) is 0 Å². The molecular weight excluding hydrogens is 208 g/mol. The van der Waals surface area contributed by atoms with E-state index in [2.05, 4.69) is 36.4 Å². The molecule has 0 unspecified atom stereocenters. The summed E-state index contributed by atoms with van der Waals surface area (Å²) in [6, 6.07) is 19.8. The zero-order chi connectivity index (χ0) is 11.7. The first-order valence-electron chi connectivity index (χ1n) is 5.83. The van der Waals surface area contributed by atoms with Gasteiger partial charge in [-0.3, -0.25) is 0 Å². The van der Waals surface area contributed by atoms with Crippen molar-refractivity contribution in [2.75, 3.05) is 6.61 Å². The van der Waals surface area contributed by atoms with E-state index in [1.54, 1.807) is 0 Å². The van der Waals surface area contributed by atoms with Crippen LogP contribution in [0.4, 0.5) is 0 Å². The molecule has 0 aromatic heterocycles. The van der Waals surface area contributed by atoms with Gasteiger partial charge in [0.2, 0.25) is 0 Å². The first kappa shape index (κ1) is 10.2. The van der Waals surface area contributed by atoms with E-state index < -0.39 is 0 Å². The van der Waals surface area contributed by atoms with E-state index >= 15 is 0 Å². The summed E-state index contributed by atoms with van der Waals surface area (Å²) in [5, 5.41) is 4.92. The fourth-order valence-corrected chi connectivity index (χ4v) is 2.11. The van der Waals surface area contributed by atoms with Gasteiger partial charge in [-0.15, -0.1) is 0 Å². The van der Waals surface area contributed by atoms with Gasteiger partial charge in [-0.05, 0) is 64.9 Å². The summed E-state index contributed by atoms with van der Waals surface area (Å²) in [7, 11) is 0. The Morgan fingerprint density at radius 3 is 2.65 bits per heavy atom. The normalized spacial score (nSPS) is 10.9. The van der Waals surface area contributed by atoms with Crippen molar-refractivity contribution >= 4 is 21.5 Å². The standard InChI is InChI=1S/C16H13O/c1-2-17-16-8-7-14-9-12-5-3-4-6-13(12)10-15(14)11-16/h4-11H,2H2,1H3. The van der Waals surface area contributed by atoms with Crippen LogP contribution >= 0.6 is 0 Å². The van der Waals surface area contributed by atoms with Crippen LogP contribution in [0.2, 0.25) is 0 Å². The van der Waals surface area contributed by atoms with Crippen molar-refractivity contribution in [3.8, 4) is 5.75 Å². The van der Waals surface area contributed by atoms with Gasteiger partial charge in [-0.1, -0.05) is 18.2 Å². The third-order valence-corrected chi connectivity index (χ3v) is 2.92. The summed E-state index contributed by atoms with van der Waals surface area (Å²) in [5.74, 6) is 0.932. The molecule has 0 aliphatic carbocycles. The Bertz CT molecular complexity index is 670. The Hall–Kier alpha value is -2.02. The molecule has 1 heteroatoms. The predicted octanol–water partition coefficient (Wildman–Crippen LogP) is 4.19. The van der Waals surface area contributed by atoms with Crippen molar-refractivity contribution in [1.29, 1.82) is 0 Å². The van der Waals surface area contributed by atoms with E-state index in [-0.39, 0.29) is 0 Å². The molecular formula is C16H13O. The summed E-state index contributed by atoms with van der Waals surface area (Å²) >= 11 is 0. The second kappa shape index (κ2) is 4.10. The van der Waals surface area contributed by atoms with Crippen LogP contribution in [0, 0.1) is 6.07 Å². The molecule has 0 saturated heterocycles. The first-order valence-corrected chi connectivity index (χ1v) is 5.83. The minimum atomic E-state index is 0.702. The molecule has 0 fully saturated rings. The molecule has 0 aliphatic heterocycles. The largest absolute Gasteiger partial charge is 0.494 e. The van der Waals surface area contributed by atoms with Gasteiger partial charge in [0.25, 0.3) is 0 Å². The zero-order valence-corrected chi connectivity index (χ0v) is 9.73. The second-order valence-electron chi connectivity index (χ2n) is 4.07. The topological polar surface area (TPSA) is 9.23 Å². The Morgan fingerprint density at radius 2 is 1.76 bits per heavy atom. The van der Waals surface area contributed by atoms with Gasteiger partial charge in [-0.2, -0.15) is 0 Å². The Kier molecular flexibility index (Phi) is 2.45. The average molecular weight is 221 g/mol. The Morgan fingerprint density at radius 1 is 0.941 bits per heavy atom. The molecule has 0 aliphatic rings. The lowest BCUT2D eigenvalue weighted by atomic mass is 10.0. The molecule has 3 aromatic rings. The Labute approximate surface area is 101 Å². The molecule has 17 heavy (non-hydrogen) atoms. The minimum Gasteiger partial charge on any atom is -0.494 e. The van der Waals surface area contributed by atoms with Gasteiger partial charge in [0, 0.05) is 0 Å². The van der Waals surface area contributed by atoms with Crippen molar-refractivity contribution in [2.24, 2.45) is 0 Å². The van der Waals surface area contributed by atoms with Crippen LogP contribution in [0.15, 0.2) is 48.5 Å². The maximum atomic E-state index is 5.52. The van der Waals surface area contributed by atoms with Crippen LogP contribution < -0.4 is 4.74 Å². The molecule has 0 saturated carbocycles. The third kappa shape index (κ3) is 1.84. The lowest BCUT2D eigenvalue weighted by Crippen LogP contribution is -1.90. The highest BCUT2D eigenvalue weighted by Gasteiger charge is 1.99. The van der Waals surface area contributed by atoms with Crippen molar-refractivity contribution in [1.82, 2.24) is 0 Å². The van der Waals surface area contributed by atoms with Crippen molar-refractivity contribution in [3.05, 3.63) is 54.6 Å². The molecule has 1 nitrogen and oxygen atoms in total. The smallest absolute Gasteiger partial charge is 0.119 e. The van der Waals surface area contributed by atoms with Crippen LogP contribution in [0.3, 0.4) is 0 Å². The average Bonchev–Trinajstić information content (AvgIpc) is 2.36. The van der Waals surface area contributed by atoms with Crippen LogP contribution in [0.5, 0.6) is 5.75 Å². The minimum absolute atomic E-state index is 0.702. The zero-order valence-electron chi connectivity index (χ0n) is 9.73. The van der Waals surface area contributed by atoms with Gasteiger partial charge in [-0.25, -0.2) is 0 Å². The third-order valence-electron chi connectivity index (χ3n) is 2.92. The molecule has 0 N–H and O–H groups in total. The monoisotopic (exact) mass is 221 g/mol. The van der Waals surface area contributed by atoms with E-state index in [0.29, 0.717) is 6.61 Å². The number of rotatable bonds is 2. The van der Waals surface area contributed by atoms with Crippen molar-refractivity contribution in [2.45, 2.75) is 6.92 Å². The highest BCUT2D eigenvalue weighted by atomic mass is 16.5. The first-order chi connectivity index (χ1) is 8.36. The summed E-state index contributed by atoms with van der Waals surface area (Å²) in [5.41, 5.74) is 0. The number of hydrogen-bond acceptors (Lipinski definition) is 1. The molecule has 0 bridgehead atoms. The maximum absolute atomic E-state index is 5.52. The van der Waals surface area contributed by atoms with E-state index in [4.69, 9.17) is 4.74 Å². The number of ether oxygens (including phenoxy) is 1. The number of fused-ring (bicyclic) bond motifs is 2. The summed E-state index contributed by atoms with van der Waals surface area (Å²) in [6.07, 6.45) is 0. The maximum Gasteiger partial charge on any atom is 0.119 e. The number of benzene rings is 3. The SMILES string of the molecule is CCOc1ccc2cc3c[c]ccc3cc2c1. The van der Waals surface area contributed by atoms with Crippen molar-refractivity contribution in [3.63, 3.8) is 0 Å². The van der Waals surface area contributed by atoms with Crippen LogP contribution in [-0.2, 0) is 0 Å². The van der Waals surface area contributed by atoms with Gasteiger partial charge in [0.05, 0.1) is 6.61 Å². The molecule has 0 spiro atoms. The van der Waals surface area contributed by atoms with Gasteiger partial charge >= 0.3 is 0 Å². The summed E-state index contributed by atoms with van der Waals surface area (Å²) in [6.45, 7) is 2.70. The number of hydrogen-bond donors (Lipinski definition) is 0. The van der Waals surface area contributed by atoms with E-state index in [1.807, 2.05) is 25.1 Å². The predicted molar refractivity (Wildman–Crippen MR) is 71.5 cm³/mol. The van der Waals surface area contributed by atoms with E-state index in [1.165, 1.54) is 21.5 Å². The lowest BCUT2D eigenvalue weighted by molar-refractivity contribution is 0.341. The van der Waals surface area contributed by atoms with Crippen LogP contribution in [0.25, 0.3) is 21.5 Å². The second-order valence-corrected chi connectivity index (χ2v) is 4.07. The van der Waals surface area contributed by atoms with E-state index in [0.717, 1.165) is 5.75 Å². The Balaban J connectivity index is 2.25. The van der Waals surface area contributed by atoms with Gasteiger partial charge in [0.1, 0.15) is 5.75 Å². The molecule has 3 rings (SSSR count). The summed E-state index contributed by atoms with van der Waals surface area (Å²) < 4.78 is 5.52. The highest BCUT2D eigenvalue weighted by molar-refractivity contribution is 5.98. The molecule has 1 radical (unpaired) electrons. The lowest BCUT2D eigenvalue weighted by Gasteiger charge is -2.06. The molecule has 3 aromatic carbocycles. The van der Waals surface area contributed by atoms with Crippen LogP contribution in [0.1, 0.15) is 6.92 Å². The highest BCUT2D eigenvalue weighted by Crippen LogP contribution is 2.26. The molecule has 0 amide bonds. The van der Waals surface area contributed by atoms with Gasteiger partial charge in [0.15, 0.2) is 0 Å². The molecule has 83 valence electrons. The quantitative estimate of drug-likeness (QED) is 0.589. The molecule has 0 heterocycles. The summed E-state index contributed by atoms with van der Waals surface area (Å²) in [4.78, 5) is 0. The van der Waals surface area contributed by atoms with Gasteiger partial charge < -0.3 is 4.74 Å². The fourth-order valence-electron chi connectivity index (χ4n) is 2.11. The fraction of sp³-hybridized carbons (Fsp3) is 0.125. The van der Waals surface area contributed by atoms with Crippen LogP contribution in [-0.4, -0.2) is 6.61 Å².